The highest BCUT2D eigenvalue weighted by Gasteiger charge is 2.56. The van der Waals surface area contributed by atoms with Crippen molar-refractivity contribution in [3.8, 4) is 123 Å². The van der Waals surface area contributed by atoms with E-state index in [9.17, 15) is 0 Å². The SMILES string of the molecule is CC1(C)c2ccc(-c3ccc(-c4ccccc4-c4cc(-c5ccccc5-c5ccc(-c6cccc(-c7cccc8c7oc7ccccc78)c6)nc5)cc(-c5ccccc5-c5ccc(-c6cccc(-c7cccc8c7oc7ccccc78)c6)nc5)c4)cn3)cc2C(C)(C)C1(C)C. The molecular formula is C90H67N3O2. The Bertz CT molecular complexity index is 5420. The summed E-state index contributed by atoms with van der Waals surface area (Å²) < 4.78 is 13.0. The van der Waals surface area contributed by atoms with Crippen molar-refractivity contribution < 1.29 is 8.83 Å². The highest BCUT2D eigenvalue weighted by molar-refractivity contribution is 6.11. The molecule has 0 saturated heterocycles. The molecule has 5 heterocycles. The van der Waals surface area contributed by atoms with E-state index >= 15 is 0 Å². The van der Waals surface area contributed by atoms with Crippen LogP contribution in [-0.4, -0.2) is 15.0 Å². The molecule has 5 aromatic heterocycles. The van der Waals surface area contributed by atoms with Crippen molar-refractivity contribution in [3.63, 3.8) is 0 Å². The highest BCUT2D eigenvalue weighted by Crippen LogP contribution is 2.62. The van der Waals surface area contributed by atoms with Gasteiger partial charge in [-0.1, -0.05) is 254 Å². The van der Waals surface area contributed by atoms with Crippen LogP contribution in [0.3, 0.4) is 0 Å². The first-order chi connectivity index (χ1) is 46.3. The highest BCUT2D eigenvalue weighted by atomic mass is 16.3. The Morgan fingerprint density at radius 2 is 0.537 bits per heavy atom. The molecule has 11 aromatic carbocycles. The molecule has 0 radical (unpaired) electrons. The Morgan fingerprint density at radius 3 is 0.937 bits per heavy atom. The lowest BCUT2D eigenvalue weighted by Gasteiger charge is -2.44. The zero-order valence-corrected chi connectivity index (χ0v) is 53.9. The van der Waals surface area contributed by atoms with Crippen LogP contribution < -0.4 is 0 Å². The van der Waals surface area contributed by atoms with Gasteiger partial charge in [-0.3, -0.25) is 15.0 Å². The summed E-state index contributed by atoms with van der Waals surface area (Å²) >= 11 is 0. The van der Waals surface area contributed by atoms with Gasteiger partial charge in [0.2, 0.25) is 0 Å². The van der Waals surface area contributed by atoms with Gasteiger partial charge in [-0.15, -0.1) is 0 Å². The average Bonchev–Trinajstić information content (AvgIpc) is 1.55. The van der Waals surface area contributed by atoms with Gasteiger partial charge in [0.25, 0.3) is 0 Å². The number of pyridine rings is 3. The molecule has 1 aliphatic rings. The Morgan fingerprint density at radius 1 is 0.232 bits per heavy atom. The molecule has 0 unspecified atom stereocenters. The summed E-state index contributed by atoms with van der Waals surface area (Å²) in [7, 11) is 0. The number of hydrogen-bond acceptors (Lipinski definition) is 5. The van der Waals surface area contributed by atoms with Crippen LogP contribution in [0, 0.1) is 5.41 Å². The van der Waals surface area contributed by atoms with Crippen molar-refractivity contribution in [1.29, 1.82) is 0 Å². The Balaban J connectivity index is 0.746. The quantitative estimate of drug-likeness (QED) is 0.129. The molecule has 0 bridgehead atoms. The second-order valence-electron chi connectivity index (χ2n) is 27.1. The van der Waals surface area contributed by atoms with E-state index in [0.29, 0.717) is 0 Å². The molecule has 5 heteroatoms. The zero-order chi connectivity index (χ0) is 64.2. The first-order valence-corrected chi connectivity index (χ1v) is 32.8. The van der Waals surface area contributed by atoms with E-state index in [1.165, 1.54) is 11.1 Å². The Kier molecular flexibility index (Phi) is 13.5. The van der Waals surface area contributed by atoms with Gasteiger partial charge in [-0.05, 0) is 155 Å². The van der Waals surface area contributed by atoms with E-state index in [2.05, 4.69) is 303 Å². The topological polar surface area (TPSA) is 65.0 Å². The van der Waals surface area contributed by atoms with Gasteiger partial charge in [0, 0.05) is 84.6 Å². The molecule has 0 spiro atoms. The van der Waals surface area contributed by atoms with Crippen LogP contribution in [0.5, 0.6) is 0 Å². The molecule has 17 rings (SSSR count). The average molecular weight is 1220 g/mol. The second kappa shape index (κ2) is 22.4. The van der Waals surface area contributed by atoms with Crippen molar-refractivity contribution in [1.82, 2.24) is 15.0 Å². The van der Waals surface area contributed by atoms with E-state index in [0.717, 1.165) is 167 Å². The molecule has 0 atom stereocenters. The van der Waals surface area contributed by atoms with E-state index in [4.69, 9.17) is 23.8 Å². The lowest BCUT2D eigenvalue weighted by atomic mass is 9.59. The van der Waals surface area contributed by atoms with E-state index in [1.807, 2.05) is 36.7 Å². The van der Waals surface area contributed by atoms with Crippen molar-refractivity contribution in [2.75, 3.05) is 0 Å². The van der Waals surface area contributed by atoms with Crippen LogP contribution >= 0.6 is 0 Å². The van der Waals surface area contributed by atoms with E-state index < -0.39 is 0 Å². The summed E-state index contributed by atoms with van der Waals surface area (Å²) in [6.07, 6.45) is 6.09. The lowest BCUT2D eigenvalue weighted by Crippen LogP contribution is -2.42. The number of para-hydroxylation sites is 4. The minimum atomic E-state index is -0.0110. The van der Waals surface area contributed by atoms with Crippen molar-refractivity contribution in [3.05, 3.63) is 309 Å². The molecule has 454 valence electrons. The third-order valence-electron chi connectivity index (χ3n) is 21.4. The predicted octanol–water partition coefficient (Wildman–Crippen LogP) is 24.6. The lowest BCUT2D eigenvalue weighted by molar-refractivity contribution is 0.125. The molecular weight excluding hydrogens is 1160 g/mol. The van der Waals surface area contributed by atoms with Crippen molar-refractivity contribution >= 4 is 43.9 Å². The van der Waals surface area contributed by atoms with Crippen LogP contribution in [0.25, 0.3) is 167 Å². The number of rotatable bonds is 11. The van der Waals surface area contributed by atoms with Gasteiger partial charge < -0.3 is 8.83 Å². The summed E-state index contributed by atoms with van der Waals surface area (Å²) in [5, 5.41) is 4.45. The number of benzene rings is 11. The van der Waals surface area contributed by atoms with Gasteiger partial charge in [-0.25, -0.2) is 0 Å². The van der Waals surface area contributed by atoms with Crippen LogP contribution in [-0.2, 0) is 10.8 Å². The molecule has 0 amide bonds. The second-order valence-corrected chi connectivity index (χ2v) is 27.1. The largest absolute Gasteiger partial charge is 0.455 e. The van der Waals surface area contributed by atoms with E-state index in [1.54, 1.807) is 0 Å². The smallest absolute Gasteiger partial charge is 0.143 e. The first-order valence-electron chi connectivity index (χ1n) is 32.8. The Hall–Kier alpha value is -11.5. The van der Waals surface area contributed by atoms with Crippen LogP contribution in [0.2, 0.25) is 0 Å². The minimum absolute atomic E-state index is 0.0110. The fraction of sp³-hybridized carbons (Fsp3) is 0.100. The Labute approximate surface area is 553 Å². The molecule has 16 aromatic rings. The predicted molar refractivity (Wildman–Crippen MR) is 394 cm³/mol. The fourth-order valence-electron chi connectivity index (χ4n) is 15.1. The number of furan rings is 2. The van der Waals surface area contributed by atoms with Gasteiger partial charge in [0.1, 0.15) is 22.3 Å². The van der Waals surface area contributed by atoms with Crippen LogP contribution in [0.1, 0.15) is 52.7 Å². The molecule has 0 aliphatic heterocycles. The van der Waals surface area contributed by atoms with Crippen LogP contribution in [0.4, 0.5) is 0 Å². The minimum Gasteiger partial charge on any atom is -0.455 e. The normalized spacial score (nSPS) is 13.8. The van der Waals surface area contributed by atoms with Crippen molar-refractivity contribution in [2.45, 2.75) is 52.4 Å². The number of nitrogens with zero attached hydrogens (tertiary/aromatic N) is 3. The molecule has 5 nitrogen and oxygen atoms in total. The van der Waals surface area contributed by atoms with Gasteiger partial charge in [0.05, 0.1) is 17.1 Å². The van der Waals surface area contributed by atoms with Crippen molar-refractivity contribution in [2.24, 2.45) is 5.41 Å². The molecule has 1 aliphatic carbocycles. The zero-order valence-electron chi connectivity index (χ0n) is 53.9. The monoisotopic (exact) mass is 1220 g/mol. The van der Waals surface area contributed by atoms with Gasteiger partial charge in [0.15, 0.2) is 0 Å². The number of fused-ring (bicyclic) bond motifs is 7. The molecule has 0 N–H and O–H groups in total. The summed E-state index contributed by atoms with van der Waals surface area (Å²) in [4.78, 5) is 15.6. The summed E-state index contributed by atoms with van der Waals surface area (Å²) in [5.41, 5.74) is 29.6. The number of hydrogen-bond donors (Lipinski definition) is 0. The standard InChI is InChI=1S/C90H67N3O2/c1-88(2)79-43-39-60(52-80(79)89(3,4)90(88,5)6)83-46-42-63(55-93-83)69-27-9-12-30-72(69)66-50-64(70-28-10-7-25-67(70)61-40-44-81(91-53-61)58-23-17-21-56(47-58)73-33-19-35-77-75-31-13-15-37-84(75)94-86(73)77)49-65(51-66)71-29-11-8-26-68(71)62-41-45-82(92-54-62)59-24-18-22-57(48-59)74-34-20-36-78-76-32-14-16-38-85(76)95-87(74)78/h7-55H,1-6H3. The molecule has 0 saturated carbocycles. The first kappa shape index (κ1) is 57.4. The number of aromatic nitrogens is 3. The third kappa shape index (κ3) is 9.55. The van der Waals surface area contributed by atoms with Gasteiger partial charge in [-0.2, -0.15) is 0 Å². The summed E-state index contributed by atoms with van der Waals surface area (Å²) in [6, 6.07) is 99.9. The van der Waals surface area contributed by atoms with Crippen LogP contribution in [0.15, 0.2) is 306 Å². The summed E-state index contributed by atoms with van der Waals surface area (Å²) in [6.45, 7) is 14.4. The van der Waals surface area contributed by atoms with Gasteiger partial charge >= 0.3 is 0 Å². The van der Waals surface area contributed by atoms with E-state index in [-0.39, 0.29) is 16.2 Å². The molecule has 95 heavy (non-hydrogen) atoms. The fourth-order valence-corrected chi connectivity index (χ4v) is 15.1. The maximum atomic E-state index is 6.48. The maximum Gasteiger partial charge on any atom is 0.143 e. The third-order valence-corrected chi connectivity index (χ3v) is 21.4. The summed E-state index contributed by atoms with van der Waals surface area (Å²) in [5.74, 6) is 0. The maximum absolute atomic E-state index is 6.48. The molecule has 0 fully saturated rings.